The number of hydrogen-bond donors (Lipinski definition) is 2. The molecule has 2 rings (SSSR count). The van der Waals surface area contributed by atoms with E-state index in [9.17, 15) is 4.39 Å². The molecular weight excluding hydrogens is 307 g/mol. The first-order valence-corrected chi connectivity index (χ1v) is 6.22. The van der Waals surface area contributed by atoms with Gasteiger partial charge in [0, 0.05) is 9.37 Å². The Bertz CT molecular complexity index is 537. The molecular formula is C10H8BrFN4S. The smallest absolute Gasteiger partial charge is 0.238 e. The van der Waals surface area contributed by atoms with Gasteiger partial charge < -0.3 is 0 Å². The molecule has 0 atom stereocenters. The highest BCUT2D eigenvalue weighted by atomic mass is 79.9. The van der Waals surface area contributed by atoms with E-state index in [1.165, 1.54) is 11.8 Å². The van der Waals surface area contributed by atoms with Crippen molar-refractivity contribution in [2.24, 2.45) is 5.84 Å². The summed E-state index contributed by atoms with van der Waals surface area (Å²) >= 11 is 4.56. The average molecular weight is 315 g/mol. The summed E-state index contributed by atoms with van der Waals surface area (Å²) in [7, 11) is 0. The Hall–Kier alpha value is -1.18. The first-order chi connectivity index (χ1) is 8.19. The molecule has 0 spiro atoms. The standard InChI is InChI=1S/C10H8BrFN4S/c11-6-2-1-3-7(4-6)17-9-8(12)5-14-10(15-9)16-13/h1-5H,13H2,(H,14,15,16). The van der Waals surface area contributed by atoms with Crippen LogP contribution in [0.5, 0.6) is 0 Å². The van der Waals surface area contributed by atoms with E-state index in [-0.39, 0.29) is 11.0 Å². The lowest BCUT2D eigenvalue weighted by atomic mass is 10.4. The van der Waals surface area contributed by atoms with Crippen molar-refractivity contribution in [1.29, 1.82) is 0 Å². The Morgan fingerprint density at radius 3 is 2.94 bits per heavy atom. The van der Waals surface area contributed by atoms with Crippen LogP contribution in [0.1, 0.15) is 0 Å². The topological polar surface area (TPSA) is 63.8 Å². The van der Waals surface area contributed by atoms with E-state index in [1.54, 1.807) is 0 Å². The van der Waals surface area contributed by atoms with Gasteiger partial charge in [0.2, 0.25) is 5.95 Å². The van der Waals surface area contributed by atoms with Gasteiger partial charge in [-0.05, 0) is 18.2 Å². The molecule has 88 valence electrons. The molecule has 0 bridgehead atoms. The molecule has 0 radical (unpaired) electrons. The summed E-state index contributed by atoms with van der Waals surface area (Å²) in [6.07, 6.45) is 1.09. The van der Waals surface area contributed by atoms with Gasteiger partial charge in [0.15, 0.2) is 5.82 Å². The van der Waals surface area contributed by atoms with E-state index in [2.05, 4.69) is 31.3 Å². The Kier molecular flexibility index (Phi) is 3.93. The number of nitrogen functional groups attached to an aromatic ring is 1. The van der Waals surface area contributed by atoms with Crippen LogP contribution in [0.3, 0.4) is 0 Å². The number of nitrogens with zero attached hydrogens (tertiary/aromatic N) is 2. The van der Waals surface area contributed by atoms with Crippen LogP contribution in [0.2, 0.25) is 0 Å². The Morgan fingerprint density at radius 2 is 2.24 bits per heavy atom. The fourth-order valence-electron chi connectivity index (χ4n) is 1.13. The van der Waals surface area contributed by atoms with Gasteiger partial charge in [-0.1, -0.05) is 33.8 Å². The Balaban J connectivity index is 2.29. The average Bonchev–Trinajstić information content (AvgIpc) is 2.32. The van der Waals surface area contributed by atoms with Crippen LogP contribution in [0, 0.1) is 5.82 Å². The van der Waals surface area contributed by atoms with Gasteiger partial charge in [-0.2, -0.15) is 0 Å². The lowest BCUT2D eigenvalue weighted by molar-refractivity contribution is 0.580. The quantitative estimate of drug-likeness (QED) is 0.518. The Morgan fingerprint density at radius 1 is 1.41 bits per heavy atom. The van der Waals surface area contributed by atoms with Crippen molar-refractivity contribution in [2.75, 3.05) is 5.43 Å². The molecule has 1 heterocycles. The fraction of sp³-hybridized carbons (Fsp3) is 0. The SMILES string of the molecule is NNc1ncc(F)c(Sc2cccc(Br)c2)n1. The number of anilines is 1. The van der Waals surface area contributed by atoms with E-state index >= 15 is 0 Å². The predicted octanol–water partition coefficient (Wildman–Crippen LogP) is 2.82. The van der Waals surface area contributed by atoms with Gasteiger partial charge >= 0.3 is 0 Å². The summed E-state index contributed by atoms with van der Waals surface area (Å²) in [4.78, 5) is 8.49. The van der Waals surface area contributed by atoms with Crippen molar-refractivity contribution in [3.63, 3.8) is 0 Å². The van der Waals surface area contributed by atoms with Gasteiger partial charge in [-0.3, -0.25) is 5.43 Å². The third kappa shape index (κ3) is 3.15. The van der Waals surface area contributed by atoms with Crippen LogP contribution < -0.4 is 11.3 Å². The van der Waals surface area contributed by atoms with Crippen LogP contribution in [0.25, 0.3) is 0 Å². The molecule has 0 aliphatic heterocycles. The van der Waals surface area contributed by atoms with Crippen molar-refractivity contribution in [2.45, 2.75) is 9.92 Å². The van der Waals surface area contributed by atoms with Crippen molar-refractivity contribution < 1.29 is 4.39 Å². The molecule has 17 heavy (non-hydrogen) atoms. The largest absolute Gasteiger partial charge is 0.292 e. The molecule has 0 aliphatic rings. The second-order valence-corrected chi connectivity index (χ2v) is 5.03. The molecule has 2 aromatic rings. The third-order valence-corrected chi connectivity index (χ3v) is 3.31. The first-order valence-electron chi connectivity index (χ1n) is 4.61. The van der Waals surface area contributed by atoms with Crippen LogP contribution in [0.4, 0.5) is 10.3 Å². The number of nitrogens with two attached hydrogens (primary N) is 1. The van der Waals surface area contributed by atoms with Crippen molar-refractivity contribution in [3.8, 4) is 0 Å². The summed E-state index contributed by atoms with van der Waals surface area (Å²) in [5.41, 5.74) is 2.28. The maximum absolute atomic E-state index is 13.5. The van der Waals surface area contributed by atoms with Crippen LogP contribution in [0.15, 0.2) is 44.9 Å². The van der Waals surface area contributed by atoms with E-state index in [4.69, 9.17) is 5.84 Å². The third-order valence-electron chi connectivity index (χ3n) is 1.85. The zero-order valence-corrected chi connectivity index (χ0v) is 10.9. The summed E-state index contributed by atoms with van der Waals surface area (Å²) in [6, 6.07) is 7.51. The summed E-state index contributed by atoms with van der Waals surface area (Å²) < 4.78 is 14.4. The van der Waals surface area contributed by atoms with E-state index in [1.807, 2.05) is 24.3 Å². The number of halogens is 2. The van der Waals surface area contributed by atoms with Gasteiger partial charge in [0.05, 0.1) is 6.20 Å². The maximum atomic E-state index is 13.5. The van der Waals surface area contributed by atoms with Crippen LogP contribution in [-0.2, 0) is 0 Å². The molecule has 0 fully saturated rings. The molecule has 4 nitrogen and oxygen atoms in total. The number of aromatic nitrogens is 2. The first kappa shape index (κ1) is 12.3. The second-order valence-electron chi connectivity index (χ2n) is 3.05. The number of nitrogens with one attached hydrogen (secondary N) is 1. The van der Waals surface area contributed by atoms with Gasteiger partial charge in [-0.15, -0.1) is 0 Å². The normalized spacial score (nSPS) is 10.3. The Labute approximate surface area is 110 Å². The minimum Gasteiger partial charge on any atom is -0.292 e. The van der Waals surface area contributed by atoms with Gasteiger partial charge in [0.1, 0.15) is 5.03 Å². The molecule has 0 amide bonds. The van der Waals surface area contributed by atoms with Crippen LogP contribution in [-0.4, -0.2) is 9.97 Å². The van der Waals surface area contributed by atoms with E-state index in [0.717, 1.165) is 15.6 Å². The lowest BCUT2D eigenvalue weighted by Crippen LogP contribution is -2.11. The molecule has 0 saturated heterocycles. The molecule has 0 saturated carbocycles. The van der Waals surface area contributed by atoms with Gasteiger partial charge in [-0.25, -0.2) is 20.2 Å². The maximum Gasteiger partial charge on any atom is 0.238 e. The van der Waals surface area contributed by atoms with Gasteiger partial charge in [0.25, 0.3) is 0 Å². The summed E-state index contributed by atoms with van der Waals surface area (Å²) in [5.74, 6) is 4.88. The molecule has 1 aromatic heterocycles. The number of hydrazine groups is 1. The second kappa shape index (κ2) is 5.44. The van der Waals surface area contributed by atoms with E-state index < -0.39 is 5.82 Å². The highest BCUT2D eigenvalue weighted by molar-refractivity contribution is 9.10. The highest BCUT2D eigenvalue weighted by Gasteiger charge is 2.08. The van der Waals surface area contributed by atoms with Crippen molar-refractivity contribution >= 4 is 33.6 Å². The zero-order chi connectivity index (χ0) is 12.3. The highest BCUT2D eigenvalue weighted by Crippen LogP contribution is 2.29. The minimum atomic E-state index is -0.478. The summed E-state index contributed by atoms with van der Waals surface area (Å²) in [6.45, 7) is 0. The van der Waals surface area contributed by atoms with Crippen LogP contribution >= 0.6 is 27.7 Å². The van der Waals surface area contributed by atoms with Crippen molar-refractivity contribution in [3.05, 3.63) is 40.8 Å². The van der Waals surface area contributed by atoms with Crippen molar-refractivity contribution in [1.82, 2.24) is 9.97 Å². The van der Waals surface area contributed by atoms with E-state index in [0.29, 0.717) is 0 Å². The molecule has 1 aromatic carbocycles. The molecule has 0 aliphatic carbocycles. The molecule has 0 unspecified atom stereocenters. The monoisotopic (exact) mass is 314 g/mol. The lowest BCUT2D eigenvalue weighted by Gasteiger charge is -2.04. The fourth-order valence-corrected chi connectivity index (χ4v) is 2.52. The zero-order valence-electron chi connectivity index (χ0n) is 8.52. The molecule has 3 N–H and O–H groups in total. The minimum absolute atomic E-state index is 0.184. The molecule has 7 heteroatoms. The number of hydrogen-bond acceptors (Lipinski definition) is 5. The number of benzene rings is 1. The summed E-state index contributed by atoms with van der Waals surface area (Å²) in [5, 5.41) is 0.228. The predicted molar refractivity (Wildman–Crippen MR) is 68.1 cm³/mol. The number of rotatable bonds is 3.